The molecule has 186 valence electrons. The van der Waals surface area contributed by atoms with Crippen molar-refractivity contribution in [2.75, 3.05) is 5.32 Å². The highest BCUT2D eigenvalue weighted by Gasteiger charge is 2.18. The van der Waals surface area contributed by atoms with Crippen LogP contribution in [0.1, 0.15) is 60.1 Å². The Hall–Kier alpha value is -3.94. The molecule has 4 N–H and O–H groups in total. The lowest BCUT2D eigenvalue weighted by atomic mass is 10.0. The van der Waals surface area contributed by atoms with Crippen LogP contribution in [0, 0.1) is 0 Å². The van der Waals surface area contributed by atoms with Crippen LogP contribution >= 0.6 is 0 Å². The smallest absolute Gasteiger partial charge is 0.412 e. The average Bonchev–Trinajstić information content (AvgIpc) is 2.78. The number of carbonyl (C=O) groups is 2. The predicted molar refractivity (Wildman–Crippen MR) is 140 cm³/mol. The Morgan fingerprint density at radius 3 is 2.43 bits per heavy atom. The number of hydrogen-bond acceptors (Lipinski definition) is 7. The van der Waals surface area contributed by atoms with E-state index in [1.807, 2.05) is 6.08 Å². The number of allylic oxidation sites excluding steroid dienone is 9. The minimum absolute atomic E-state index is 0.198. The third-order valence-corrected chi connectivity index (χ3v) is 4.75. The van der Waals surface area contributed by atoms with Gasteiger partial charge in [0.1, 0.15) is 17.1 Å². The Morgan fingerprint density at radius 2 is 1.86 bits per heavy atom. The van der Waals surface area contributed by atoms with E-state index in [1.165, 1.54) is 6.20 Å². The van der Waals surface area contributed by atoms with Gasteiger partial charge in [-0.3, -0.25) is 15.1 Å². The number of nitrogens with one attached hydrogen (secondary N) is 2. The van der Waals surface area contributed by atoms with E-state index < -0.39 is 11.7 Å². The van der Waals surface area contributed by atoms with Gasteiger partial charge in [0.2, 0.25) is 5.78 Å². The zero-order valence-corrected chi connectivity index (χ0v) is 21.4. The lowest BCUT2D eigenvalue weighted by Gasteiger charge is -2.20. The zero-order chi connectivity index (χ0) is 26.2. The fourth-order valence-corrected chi connectivity index (χ4v) is 3.02. The molecule has 1 heterocycles. The number of nitrogens with zero attached hydrogens (tertiary/aromatic N) is 2. The molecule has 0 saturated carbocycles. The van der Waals surface area contributed by atoms with Gasteiger partial charge in [-0.1, -0.05) is 30.9 Å². The van der Waals surface area contributed by atoms with Gasteiger partial charge >= 0.3 is 6.09 Å². The normalized spacial score (nSPS) is 15.1. The highest BCUT2D eigenvalue weighted by Crippen LogP contribution is 2.21. The van der Waals surface area contributed by atoms with E-state index in [1.54, 1.807) is 59.9 Å². The van der Waals surface area contributed by atoms with E-state index in [-0.39, 0.29) is 11.5 Å². The molecule has 2 rings (SSSR count). The summed E-state index contributed by atoms with van der Waals surface area (Å²) in [5.41, 5.74) is 9.02. The number of alkyl carbamates (subject to hydrolysis) is 1. The summed E-state index contributed by atoms with van der Waals surface area (Å²) in [6.45, 7) is 14.2. The van der Waals surface area contributed by atoms with Crippen LogP contribution in [-0.2, 0) is 9.53 Å². The third-order valence-electron chi connectivity index (χ3n) is 4.75. The number of Topliss-reactive ketones (excluding diaryl/α,β-unsaturated/α-hetero) is 1. The van der Waals surface area contributed by atoms with Gasteiger partial charge in [0.15, 0.2) is 0 Å². The molecule has 0 atom stereocenters. The number of ether oxygens (including phenoxy) is 1. The molecule has 35 heavy (non-hydrogen) atoms. The lowest BCUT2D eigenvalue weighted by molar-refractivity contribution is -0.112. The second-order valence-electron chi connectivity index (χ2n) is 9.28. The number of carbonyl (C=O) groups excluding carboxylic acids is 2. The van der Waals surface area contributed by atoms with Gasteiger partial charge in [0, 0.05) is 11.4 Å². The minimum Gasteiger partial charge on any atom is -0.444 e. The molecule has 8 heteroatoms. The third kappa shape index (κ3) is 8.73. The van der Waals surface area contributed by atoms with Crippen molar-refractivity contribution >= 4 is 23.3 Å². The van der Waals surface area contributed by atoms with E-state index in [9.17, 15) is 9.59 Å². The van der Waals surface area contributed by atoms with E-state index in [0.29, 0.717) is 34.1 Å². The van der Waals surface area contributed by atoms with E-state index >= 15 is 0 Å². The highest BCUT2D eigenvalue weighted by molar-refractivity contribution is 6.10. The number of anilines is 1. The molecule has 1 aromatic heterocycles. The number of hydrogen-bond donors (Lipinski definition) is 3. The number of amides is 1. The minimum atomic E-state index is -0.639. The van der Waals surface area contributed by atoms with Gasteiger partial charge in [-0.2, -0.15) is 0 Å². The molecule has 0 saturated heterocycles. The molecular weight excluding hydrogens is 442 g/mol. The predicted octanol–water partition coefficient (Wildman–Crippen LogP) is 5.31. The van der Waals surface area contributed by atoms with Gasteiger partial charge in [-0.25, -0.2) is 9.78 Å². The standard InChI is InChI=1S/C27H35N5O3/c1-17(2)21(31-26(34)35-27(5,6)7)14-13-18(3)25(33)24(19(4)28)32-23-16-29-15-22(30-23)20-11-9-8-10-12-20/h9,11-16H,1,8,10,28H2,2-7H3,(H,30,32)(H,31,34)/b18-13+,21-14+,24-19+. The van der Waals surface area contributed by atoms with Crippen molar-refractivity contribution < 1.29 is 14.3 Å². The molecule has 0 spiro atoms. The van der Waals surface area contributed by atoms with Crippen LogP contribution in [0.5, 0.6) is 0 Å². The Balaban J connectivity index is 2.23. The van der Waals surface area contributed by atoms with Gasteiger partial charge in [-0.05, 0) is 77.2 Å². The van der Waals surface area contributed by atoms with Crippen molar-refractivity contribution in [1.82, 2.24) is 15.3 Å². The molecule has 1 aliphatic carbocycles. The number of nitrogens with two attached hydrogens (primary N) is 1. The van der Waals surface area contributed by atoms with Crippen molar-refractivity contribution in [2.45, 2.75) is 60.0 Å². The summed E-state index contributed by atoms with van der Waals surface area (Å²) in [6, 6.07) is 0. The summed E-state index contributed by atoms with van der Waals surface area (Å²) in [7, 11) is 0. The first-order valence-corrected chi connectivity index (χ1v) is 11.4. The SMILES string of the molecule is C=C(C)/C(=C\C=C(/C)C(=O)/C(Nc1cncc(C2=CCCC=C2)n1)=C(/C)N)NC(=O)OC(C)(C)C. The van der Waals surface area contributed by atoms with Crippen LogP contribution in [0.2, 0.25) is 0 Å². The molecule has 0 fully saturated rings. The molecule has 0 aliphatic heterocycles. The maximum atomic E-state index is 13.2. The fourth-order valence-electron chi connectivity index (χ4n) is 3.02. The van der Waals surface area contributed by atoms with Gasteiger partial charge < -0.3 is 15.8 Å². The van der Waals surface area contributed by atoms with Crippen molar-refractivity contribution in [3.05, 3.63) is 83.3 Å². The van der Waals surface area contributed by atoms with Crippen LogP contribution in [0.3, 0.4) is 0 Å². The molecule has 0 aromatic carbocycles. The maximum absolute atomic E-state index is 13.2. The molecule has 8 nitrogen and oxygen atoms in total. The van der Waals surface area contributed by atoms with Gasteiger partial charge in [0.05, 0.1) is 18.1 Å². The summed E-state index contributed by atoms with van der Waals surface area (Å²) in [4.78, 5) is 34.1. The fraction of sp³-hybridized carbons (Fsp3) is 0.333. The van der Waals surface area contributed by atoms with E-state index in [4.69, 9.17) is 10.5 Å². The number of aromatic nitrogens is 2. The largest absolute Gasteiger partial charge is 0.444 e. The monoisotopic (exact) mass is 477 g/mol. The van der Waals surface area contributed by atoms with Crippen molar-refractivity contribution in [2.24, 2.45) is 5.73 Å². The van der Waals surface area contributed by atoms with E-state index in [0.717, 1.165) is 18.4 Å². The summed E-state index contributed by atoms with van der Waals surface area (Å²) in [5, 5.41) is 5.68. The summed E-state index contributed by atoms with van der Waals surface area (Å²) < 4.78 is 5.29. The number of rotatable bonds is 8. The van der Waals surface area contributed by atoms with E-state index in [2.05, 4.69) is 39.3 Å². The zero-order valence-electron chi connectivity index (χ0n) is 21.4. The topological polar surface area (TPSA) is 119 Å². The Morgan fingerprint density at radius 1 is 1.14 bits per heavy atom. The van der Waals surface area contributed by atoms with Crippen LogP contribution in [0.4, 0.5) is 10.6 Å². The first-order valence-electron chi connectivity index (χ1n) is 11.4. The molecule has 1 aliphatic rings. The molecule has 0 bridgehead atoms. The second kappa shape index (κ2) is 12.0. The number of ketones is 1. The average molecular weight is 478 g/mol. The summed E-state index contributed by atoms with van der Waals surface area (Å²) >= 11 is 0. The molecule has 1 aromatic rings. The first-order chi connectivity index (χ1) is 16.4. The van der Waals surface area contributed by atoms with Crippen molar-refractivity contribution in [3.63, 3.8) is 0 Å². The molecular formula is C27H35N5O3. The summed E-state index contributed by atoms with van der Waals surface area (Å²) in [6.07, 6.45) is 14.0. The van der Waals surface area contributed by atoms with Crippen LogP contribution in [0.15, 0.2) is 77.6 Å². The molecule has 0 radical (unpaired) electrons. The van der Waals surface area contributed by atoms with Crippen LogP contribution in [-0.4, -0.2) is 27.4 Å². The van der Waals surface area contributed by atoms with Crippen LogP contribution in [0.25, 0.3) is 5.57 Å². The van der Waals surface area contributed by atoms with Crippen LogP contribution < -0.4 is 16.4 Å². The molecule has 0 unspecified atom stereocenters. The maximum Gasteiger partial charge on any atom is 0.412 e. The van der Waals surface area contributed by atoms with Gasteiger partial charge in [0.25, 0.3) is 0 Å². The Kier molecular flexibility index (Phi) is 9.34. The highest BCUT2D eigenvalue weighted by atomic mass is 16.6. The van der Waals surface area contributed by atoms with Crippen molar-refractivity contribution in [1.29, 1.82) is 0 Å². The molecule has 1 amide bonds. The Bertz CT molecular complexity index is 1140. The quantitative estimate of drug-likeness (QED) is 0.343. The Labute approximate surface area is 207 Å². The second-order valence-corrected chi connectivity index (χ2v) is 9.28. The first kappa shape index (κ1) is 27.3. The van der Waals surface area contributed by atoms with Gasteiger partial charge in [-0.15, -0.1) is 0 Å². The lowest BCUT2D eigenvalue weighted by Crippen LogP contribution is -2.32. The summed E-state index contributed by atoms with van der Waals surface area (Å²) in [5.74, 6) is 0.0941. The van der Waals surface area contributed by atoms with Crippen molar-refractivity contribution in [3.8, 4) is 0 Å².